The van der Waals surface area contributed by atoms with Crippen molar-refractivity contribution in [3.8, 4) is 6.07 Å². The lowest BCUT2D eigenvalue weighted by molar-refractivity contribution is 0.151. The van der Waals surface area contributed by atoms with Crippen molar-refractivity contribution in [3.63, 3.8) is 0 Å². The van der Waals surface area contributed by atoms with Crippen molar-refractivity contribution in [1.29, 1.82) is 5.26 Å². The molecule has 3 rings (SSSR count). The van der Waals surface area contributed by atoms with Gasteiger partial charge in [0.05, 0.1) is 12.1 Å². The van der Waals surface area contributed by atoms with Crippen LogP contribution in [0.25, 0.3) is 0 Å². The van der Waals surface area contributed by atoms with Crippen molar-refractivity contribution >= 4 is 0 Å². The van der Waals surface area contributed by atoms with Crippen molar-refractivity contribution in [2.45, 2.75) is 57.0 Å². The molecule has 0 aromatic carbocycles. The fraction of sp³-hybridized carbons (Fsp3) is 0.941. The Bertz CT molecular complexity index is 346. The molecule has 118 valence electrons. The number of nitrogens with zero attached hydrogens (tertiary/aromatic N) is 3. The topological polar surface area (TPSA) is 42.3 Å². The molecule has 2 aliphatic heterocycles. The molecule has 1 aliphatic carbocycles. The summed E-state index contributed by atoms with van der Waals surface area (Å²) >= 11 is 0. The summed E-state index contributed by atoms with van der Waals surface area (Å²) in [7, 11) is 0. The molecule has 4 heteroatoms. The first-order valence-electron chi connectivity index (χ1n) is 8.94. The van der Waals surface area contributed by atoms with Gasteiger partial charge in [-0.25, -0.2) is 0 Å². The SMILES string of the molecule is N#CC(CCN1CCC(CN2CCCC2)CC1)NC1CC1. The van der Waals surface area contributed by atoms with Crippen LogP contribution in [0.3, 0.4) is 0 Å². The minimum absolute atomic E-state index is 0.0693. The Morgan fingerprint density at radius 1 is 1.00 bits per heavy atom. The molecular formula is C17H30N4. The van der Waals surface area contributed by atoms with Gasteiger partial charge >= 0.3 is 0 Å². The van der Waals surface area contributed by atoms with E-state index in [1.807, 2.05) is 0 Å². The summed E-state index contributed by atoms with van der Waals surface area (Å²) in [5.41, 5.74) is 0. The molecule has 2 heterocycles. The minimum Gasteiger partial charge on any atom is -0.303 e. The Labute approximate surface area is 129 Å². The van der Waals surface area contributed by atoms with Crippen LogP contribution in [0, 0.1) is 17.2 Å². The fourth-order valence-electron chi connectivity index (χ4n) is 3.75. The molecule has 21 heavy (non-hydrogen) atoms. The lowest BCUT2D eigenvalue weighted by Gasteiger charge is -2.34. The second kappa shape index (κ2) is 7.58. The van der Waals surface area contributed by atoms with Crippen LogP contribution in [0.1, 0.15) is 44.9 Å². The van der Waals surface area contributed by atoms with E-state index >= 15 is 0 Å². The zero-order chi connectivity index (χ0) is 14.5. The Morgan fingerprint density at radius 3 is 2.33 bits per heavy atom. The lowest BCUT2D eigenvalue weighted by Crippen LogP contribution is -2.40. The third-order valence-corrected chi connectivity index (χ3v) is 5.33. The van der Waals surface area contributed by atoms with E-state index in [1.54, 1.807) is 0 Å². The molecular weight excluding hydrogens is 260 g/mol. The van der Waals surface area contributed by atoms with Crippen LogP contribution in [0.5, 0.6) is 0 Å². The highest BCUT2D eigenvalue weighted by Gasteiger charge is 2.26. The average molecular weight is 290 g/mol. The second-order valence-electron chi connectivity index (χ2n) is 7.20. The molecule has 1 atom stereocenters. The number of nitriles is 1. The van der Waals surface area contributed by atoms with Crippen LogP contribution in [0.2, 0.25) is 0 Å². The van der Waals surface area contributed by atoms with Crippen molar-refractivity contribution in [3.05, 3.63) is 0 Å². The molecule has 4 nitrogen and oxygen atoms in total. The van der Waals surface area contributed by atoms with Crippen LogP contribution in [-0.4, -0.2) is 61.2 Å². The van der Waals surface area contributed by atoms with Crippen LogP contribution in [0.15, 0.2) is 0 Å². The van der Waals surface area contributed by atoms with Crippen molar-refractivity contribution in [2.24, 2.45) is 5.92 Å². The molecule has 3 fully saturated rings. The highest BCUT2D eigenvalue weighted by atomic mass is 15.2. The average Bonchev–Trinajstić information content (AvgIpc) is 3.19. The maximum absolute atomic E-state index is 9.20. The Morgan fingerprint density at radius 2 is 1.71 bits per heavy atom. The quantitative estimate of drug-likeness (QED) is 0.777. The van der Waals surface area contributed by atoms with E-state index in [9.17, 15) is 5.26 Å². The second-order valence-corrected chi connectivity index (χ2v) is 7.20. The predicted octanol–water partition coefficient (Wildman–Crippen LogP) is 1.83. The van der Waals surface area contributed by atoms with Gasteiger partial charge in [0.1, 0.15) is 0 Å². The normalized spacial score (nSPS) is 26.8. The Balaban J connectivity index is 1.30. The maximum atomic E-state index is 9.20. The fourth-order valence-corrected chi connectivity index (χ4v) is 3.75. The van der Waals surface area contributed by atoms with E-state index in [0.717, 1.165) is 18.9 Å². The van der Waals surface area contributed by atoms with Crippen LogP contribution in [0.4, 0.5) is 0 Å². The molecule has 1 unspecified atom stereocenters. The number of likely N-dealkylation sites (tertiary alicyclic amines) is 2. The van der Waals surface area contributed by atoms with Gasteiger partial charge in [-0.15, -0.1) is 0 Å². The largest absolute Gasteiger partial charge is 0.303 e. The molecule has 0 bridgehead atoms. The number of rotatable bonds is 7. The van der Waals surface area contributed by atoms with Gasteiger partial charge in [0.15, 0.2) is 0 Å². The highest BCUT2D eigenvalue weighted by molar-refractivity contribution is 4.96. The van der Waals surface area contributed by atoms with E-state index < -0.39 is 0 Å². The van der Waals surface area contributed by atoms with Gasteiger partial charge in [-0.05, 0) is 77.0 Å². The number of hydrogen-bond donors (Lipinski definition) is 1. The first-order valence-corrected chi connectivity index (χ1v) is 8.94. The number of nitrogens with one attached hydrogen (secondary N) is 1. The highest BCUT2D eigenvalue weighted by Crippen LogP contribution is 2.22. The van der Waals surface area contributed by atoms with Crippen LogP contribution < -0.4 is 5.32 Å². The molecule has 3 aliphatic rings. The standard InChI is InChI=1S/C17H30N4/c18-13-17(19-16-3-4-16)7-12-20-10-5-15(6-11-20)14-21-8-1-2-9-21/h15-17,19H,1-12,14H2. The summed E-state index contributed by atoms with van der Waals surface area (Å²) in [6.45, 7) is 7.56. The molecule has 0 aromatic heterocycles. The molecule has 0 amide bonds. The van der Waals surface area contributed by atoms with E-state index in [2.05, 4.69) is 21.2 Å². The molecule has 0 aromatic rings. The summed E-state index contributed by atoms with van der Waals surface area (Å²) in [6.07, 6.45) is 9.03. The smallest absolute Gasteiger partial charge is 0.0967 e. The minimum atomic E-state index is 0.0693. The van der Waals surface area contributed by atoms with E-state index in [-0.39, 0.29) is 6.04 Å². The first-order chi connectivity index (χ1) is 10.3. The van der Waals surface area contributed by atoms with Gasteiger partial charge in [-0.2, -0.15) is 5.26 Å². The molecule has 0 spiro atoms. The van der Waals surface area contributed by atoms with E-state index in [0.29, 0.717) is 6.04 Å². The zero-order valence-corrected chi connectivity index (χ0v) is 13.3. The summed E-state index contributed by atoms with van der Waals surface area (Å²) in [4.78, 5) is 5.23. The van der Waals surface area contributed by atoms with E-state index in [4.69, 9.17) is 0 Å². The Kier molecular flexibility index (Phi) is 5.51. The van der Waals surface area contributed by atoms with Crippen molar-refractivity contribution < 1.29 is 0 Å². The predicted molar refractivity (Wildman–Crippen MR) is 85.0 cm³/mol. The third kappa shape index (κ3) is 4.95. The van der Waals surface area contributed by atoms with Crippen LogP contribution >= 0.6 is 0 Å². The number of hydrogen-bond acceptors (Lipinski definition) is 4. The molecule has 2 saturated heterocycles. The monoisotopic (exact) mass is 290 g/mol. The molecule has 0 radical (unpaired) electrons. The summed E-state index contributed by atoms with van der Waals surface area (Å²) in [6, 6.07) is 3.13. The Hall–Kier alpha value is -0.630. The summed E-state index contributed by atoms with van der Waals surface area (Å²) in [5.74, 6) is 0.913. The first kappa shape index (κ1) is 15.3. The van der Waals surface area contributed by atoms with Gasteiger partial charge in [0, 0.05) is 19.1 Å². The van der Waals surface area contributed by atoms with Crippen molar-refractivity contribution in [1.82, 2.24) is 15.1 Å². The lowest BCUT2D eigenvalue weighted by atomic mass is 9.96. The maximum Gasteiger partial charge on any atom is 0.0967 e. The van der Waals surface area contributed by atoms with Gasteiger partial charge < -0.3 is 9.80 Å². The third-order valence-electron chi connectivity index (χ3n) is 5.33. The van der Waals surface area contributed by atoms with Gasteiger partial charge in [0.25, 0.3) is 0 Å². The molecule has 1 N–H and O–H groups in total. The number of piperidine rings is 1. The molecule has 1 saturated carbocycles. The summed E-state index contributed by atoms with van der Waals surface area (Å²) in [5, 5.41) is 12.6. The van der Waals surface area contributed by atoms with E-state index in [1.165, 1.54) is 71.2 Å². The van der Waals surface area contributed by atoms with Crippen molar-refractivity contribution in [2.75, 3.05) is 39.3 Å². The van der Waals surface area contributed by atoms with Gasteiger partial charge in [-0.3, -0.25) is 5.32 Å². The van der Waals surface area contributed by atoms with Gasteiger partial charge in [0.2, 0.25) is 0 Å². The zero-order valence-electron chi connectivity index (χ0n) is 13.3. The van der Waals surface area contributed by atoms with Gasteiger partial charge in [-0.1, -0.05) is 0 Å². The summed E-state index contributed by atoms with van der Waals surface area (Å²) < 4.78 is 0. The van der Waals surface area contributed by atoms with Crippen LogP contribution in [-0.2, 0) is 0 Å².